The maximum Gasteiger partial charge on any atom is 0.306 e. The summed E-state index contributed by atoms with van der Waals surface area (Å²) < 4.78 is 10.5. The molecule has 0 atom stereocenters. The van der Waals surface area contributed by atoms with Gasteiger partial charge in [0.2, 0.25) is 0 Å². The molecule has 0 aliphatic heterocycles. The van der Waals surface area contributed by atoms with E-state index in [9.17, 15) is 9.59 Å². The molecular formula is C23H44O4. The van der Waals surface area contributed by atoms with Crippen LogP contribution in [0.15, 0.2) is 0 Å². The molecule has 4 heteroatoms. The topological polar surface area (TPSA) is 52.6 Å². The molecule has 0 unspecified atom stereocenters. The fraction of sp³-hybridized carbons (Fsp3) is 0.913. The molecule has 0 radical (unpaired) electrons. The number of hydrogen-bond donors (Lipinski definition) is 0. The van der Waals surface area contributed by atoms with Gasteiger partial charge in [0.25, 0.3) is 0 Å². The maximum absolute atomic E-state index is 11.8. The average Bonchev–Trinajstić information content (AvgIpc) is 2.66. The van der Waals surface area contributed by atoms with Gasteiger partial charge in [0.05, 0.1) is 26.1 Å². The molecule has 0 spiro atoms. The molecule has 0 aromatic rings. The van der Waals surface area contributed by atoms with Crippen LogP contribution in [0.5, 0.6) is 0 Å². The smallest absolute Gasteiger partial charge is 0.306 e. The summed E-state index contributed by atoms with van der Waals surface area (Å²) in [6.45, 7) is 7.48. The van der Waals surface area contributed by atoms with E-state index in [0.717, 1.165) is 38.5 Å². The summed E-state index contributed by atoms with van der Waals surface area (Å²) in [5.41, 5.74) is 0. The monoisotopic (exact) mass is 384 g/mol. The van der Waals surface area contributed by atoms with Gasteiger partial charge in [-0.25, -0.2) is 0 Å². The van der Waals surface area contributed by atoms with Gasteiger partial charge in [-0.2, -0.15) is 0 Å². The Kier molecular flexibility index (Phi) is 18.9. The fourth-order valence-corrected chi connectivity index (χ4v) is 3.29. The van der Waals surface area contributed by atoms with Crippen LogP contribution in [0.25, 0.3) is 0 Å². The van der Waals surface area contributed by atoms with Crippen molar-refractivity contribution in [3.8, 4) is 0 Å². The fourth-order valence-electron chi connectivity index (χ4n) is 3.29. The van der Waals surface area contributed by atoms with E-state index in [1.54, 1.807) is 0 Å². The summed E-state index contributed by atoms with van der Waals surface area (Å²) in [6, 6.07) is 0. The zero-order valence-corrected chi connectivity index (χ0v) is 18.2. The Morgan fingerprint density at radius 3 is 1.63 bits per heavy atom. The first-order chi connectivity index (χ1) is 13.1. The summed E-state index contributed by atoms with van der Waals surface area (Å²) in [5.74, 6) is -0.125. The lowest BCUT2D eigenvalue weighted by atomic mass is 9.99. The zero-order valence-electron chi connectivity index (χ0n) is 18.2. The highest BCUT2D eigenvalue weighted by Gasteiger charge is 2.12. The third-order valence-electron chi connectivity index (χ3n) is 4.92. The molecule has 0 aromatic carbocycles. The molecule has 0 aliphatic rings. The Labute approximate surface area is 167 Å². The summed E-state index contributed by atoms with van der Waals surface area (Å²) in [7, 11) is 0. The Balaban J connectivity index is 3.53. The standard InChI is InChI=1S/C23H44O4/c1-4-7-8-9-10-11-12-13-14-19-26-22(24)17-18-23(25)27-20-21(15-5-2)16-6-3/h21H,4-20H2,1-3H3. The van der Waals surface area contributed by atoms with Crippen molar-refractivity contribution in [3.63, 3.8) is 0 Å². The number of rotatable bonds is 19. The number of hydrogen-bond acceptors (Lipinski definition) is 4. The van der Waals surface area contributed by atoms with Crippen molar-refractivity contribution in [2.45, 2.75) is 117 Å². The molecule has 0 heterocycles. The van der Waals surface area contributed by atoms with Gasteiger partial charge in [-0.05, 0) is 25.2 Å². The van der Waals surface area contributed by atoms with E-state index in [1.807, 2.05) is 0 Å². The third-order valence-corrected chi connectivity index (χ3v) is 4.92. The predicted molar refractivity (Wildman–Crippen MR) is 112 cm³/mol. The quantitative estimate of drug-likeness (QED) is 0.186. The van der Waals surface area contributed by atoms with E-state index in [0.29, 0.717) is 19.1 Å². The van der Waals surface area contributed by atoms with Crippen LogP contribution in [0.2, 0.25) is 0 Å². The molecular weight excluding hydrogens is 340 g/mol. The highest BCUT2D eigenvalue weighted by molar-refractivity contribution is 5.77. The molecule has 0 aliphatic carbocycles. The van der Waals surface area contributed by atoms with Crippen LogP contribution in [-0.2, 0) is 19.1 Å². The molecule has 4 nitrogen and oxygen atoms in total. The Bertz CT molecular complexity index is 348. The largest absolute Gasteiger partial charge is 0.466 e. The number of carbonyl (C=O) groups excluding carboxylic acids is 2. The van der Waals surface area contributed by atoms with Crippen molar-refractivity contribution in [2.75, 3.05) is 13.2 Å². The third kappa shape index (κ3) is 18.1. The molecule has 0 saturated carbocycles. The molecule has 160 valence electrons. The van der Waals surface area contributed by atoms with Crippen molar-refractivity contribution in [1.29, 1.82) is 0 Å². The number of ether oxygens (including phenoxy) is 2. The highest BCUT2D eigenvalue weighted by Crippen LogP contribution is 2.14. The molecule has 0 N–H and O–H groups in total. The van der Waals surface area contributed by atoms with Gasteiger partial charge in [0, 0.05) is 0 Å². The molecule has 0 rings (SSSR count). The lowest BCUT2D eigenvalue weighted by molar-refractivity contribution is -0.151. The Morgan fingerprint density at radius 2 is 1.11 bits per heavy atom. The minimum atomic E-state index is -0.287. The van der Waals surface area contributed by atoms with Gasteiger partial charge in [-0.15, -0.1) is 0 Å². The minimum Gasteiger partial charge on any atom is -0.466 e. The Hall–Kier alpha value is -1.06. The second-order valence-electron chi connectivity index (χ2n) is 7.68. The lowest BCUT2D eigenvalue weighted by Crippen LogP contribution is -2.16. The van der Waals surface area contributed by atoms with E-state index in [2.05, 4.69) is 20.8 Å². The van der Waals surface area contributed by atoms with Crippen LogP contribution >= 0.6 is 0 Å². The maximum atomic E-state index is 11.8. The van der Waals surface area contributed by atoms with Crippen LogP contribution in [0.4, 0.5) is 0 Å². The molecule has 27 heavy (non-hydrogen) atoms. The van der Waals surface area contributed by atoms with E-state index in [1.165, 1.54) is 44.9 Å². The molecule has 0 fully saturated rings. The SMILES string of the molecule is CCCCCCCCCCCOC(=O)CCC(=O)OCC(CCC)CCC. The van der Waals surface area contributed by atoms with Crippen molar-refractivity contribution in [2.24, 2.45) is 5.92 Å². The van der Waals surface area contributed by atoms with Crippen molar-refractivity contribution in [1.82, 2.24) is 0 Å². The first-order valence-electron chi connectivity index (χ1n) is 11.4. The van der Waals surface area contributed by atoms with Gasteiger partial charge < -0.3 is 9.47 Å². The normalized spacial score (nSPS) is 11.0. The van der Waals surface area contributed by atoms with Gasteiger partial charge in [-0.1, -0.05) is 85.0 Å². The zero-order chi connectivity index (χ0) is 20.2. The van der Waals surface area contributed by atoms with Gasteiger partial charge in [0.1, 0.15) is 0 Å². The van der Waals surface area contributed by atoms with Crippen LogP contribution < -0.4 is 0 Å². The van der Waals surface area contributed by atoms with Crippen LogP contribution in [0.3, 0.4) is 0 Å². The van der Waals surface area contributed by atoms with Crippen molar-refractivity contribution < 1.29 is 19.1 Å². The predicted octanol–water partition coefficient (Wildman–Crippen LogP) is 6.60. The second kappa shape index (κ2) is 19.7. The van der Waals surface area contributed by atoms with E-state index >= 15 is 0 Å². The summed E-state index contributed by atoms with van der Waals surface area (Å²) in [4.78, 5) is 23.5. The summed E-state index contributed by atoms with van der Waals surface area (Å²) >= 11 is 0. The van der Waals surface area contributed by atoms with Crippen LogP contribution in [-0.4, -0.2) is 25.2 Å². The highest BCUT2D eigenvalue weighted by atomic mass is 16.5. The molecule has 0 amide bonds. The van der Waals surface area contributed by atoms with Crippen molar-refractivity contribution >= 4 is 11.9 Å². The van der Waals surface area contributed by atoms with Crippen molar-refractivity contribution in [3.05, 3.63) is 0 Å². The van der Waals surface area contributed by atoms with Gasteiger partial charge in [0.15, 0.2) is 0 Å². The number of esters is 2. The number of carbonyl (C=O) groups is 2. The summed E-state index contributed by atoms with van der Waals surface area (Å²) in [5, 5.41) is 0. The minimum absolute atomic E-state index is 0.127. The second-order valence-corrected chi connectivity index (χ2v) is 7.68. The molecule has 0 saturated heterocycles. The first-order valence-corrected chi connectivity index (χ1v) is 11.4. The molecule has 0 bridgehead atoms. The van der Waals surface area contributed by atoms with E-state index < -0.39 is 0 Å². The van der Waals surface area contributed by atoms with Gasteiger partial charge >= 0.3 is 11.9 Å². The Morgan fingerprint density at radius 1 is 0.630 bits per heavy atom. The number of unbranched alkanes of at least 4 members (excludes halogenated alkanes) is 8. The first kappa shape index (κ1) is 25.9. The van der Waals surface area contributed by atoms with E-state index in [-0.39, 0.29) is 24.8 Å². The van der Waals surface area contributed by atoms with Crippen LogP contribution in [0, 0.1) is 5.92 Å². The average molecular weight is 385 g/mol. The molecule has 0 aromatic heterocycles. The lowest BCUT2D eigenvalue weighted by Gasteiger charge is -2.15. The van der Waals surface area contributed by atoms with Crippen LogP contribution in [0.1, 0.15) is 117 Å². The van der Waals surface area contributed by atoms with Gasteiger partial charge in [-0.3, -0.25) is 9.59 Å². The van der Waals surface area contributed by atoms with E-state index in [4.69, 9.17) is 9.47 Å². The summed E-state index contributed by atoms with van der Waals surface area (Å²) in [6.07, 6.45) is 15.8.